The number of hydrogen-bond acceptors (Lipinski definition) is 4. The van der Waals surface area contributed by atoms with Gasteiger partial charge in [-0.1, -0.05) is 12.1 Å². The molecule has 7 heteroatoms. The van der Waals surface area contributed by atoms with Crippen LogP contribution in [0.2, 0.25) is 0 Å². The van der Waals surface area contributed by atoms with Crippen molar-refractivity contribution in [1.82, 2.24) is 9.62 Å². The Hall–Kier alpha value is -1.96. The lowest BCUT2D eigenvalue weighted by Crippen LogP contribution is -2.43. The molecular weight excluding hydrogens is 341 g/mol. The number of anilines is 1. The average Bonchev–Trinajstić information content (AvgIpc) is 3.08. The number of piperazine rings is 1. The molecule has 1 fully saturated rings. The fraction of sp³-hybridized carbons (Fsp3) is 0.333. The number of nitrogens with one attached hydrogen (secondary N) is 1. The zero-order valence-corrected chi connectivity index (χ0v) is 14.6. The first-order chi connectivity index (χ1) is 12.1. The minimum atomic E-state index is -3.63. The summed E-state index contributed by atoms with van der Waals surface area (Å²) in [4.78, 5) is 2.44. The van der Waals surface area contributed by atoms with Gasteiger partial charge in [0, 0.05) is 45.0 Å². The number of halogens is 1. The molecule has 0 aromatic heterocycles. The van der Waals surface area contributed by atoms with Gasteiger partial charge in [0.2, 0.25) is 10.0 Å². The molecule has 4 rings (SSSR count). The van der Waals surface area contributed by atoms with Crippen molar-refractivity contribution >= 4 is 15.7 Å². The quantitative estimate of drug-likeness (QED) is 0.908. The van der Waals surface area contributed by atoms with Crippen molar-refractivity contribution in [3.8, 4) is 0 Å². The van der Waals surface area contributed by atoms with Gasteiger partial charge in [0.1, 0.15) is 5.82 Å². The van der Waals surface area contributed by atoms with Crippen LogP contribution in [-0.2, 0) is 23.1 Å². The summed E-state index contributed by atoms with van der Waals surface area (Å²) in [7, 11) is -3.63. The topological polar surface area (TPSA) is 52.7 Å². The van der Waals surface area contributed by atoms with Gasteiger partial charge in [-0.15, -0.1) is 0 Å². The molecule has 0 aliphatic carbocycles. The number of benzene rings is 2. The number of sulfonamides is 1. The van der Waals surface area contributed by atoms with Gasteiger partial charge in [0.15, 0.2) is 0 Å². The summed E-state index contributed by atoms with van der Waals surface area (Å²) in [6, 6.07) is 11.1. The van der Waals surface area contributed by atoms with Crippen molar-refractivity contribution in [1.29, 1.82) is 0 Å². The minimum Gasteiger partial charge on any atom is -0.369 e. The van der Waals surface area contributed by atoms with Crippen LogP contribution in [0.5, 0.6) is 0 Å². The van der Waals surface area contributed by atoms with Crippen molar-refractivity contribution in [2.24, 2.45) is 0 Å². The van der Waals surface area contributed by atoms with E-state index in [1.165, 1.54) is 28.6 Å². The molecule has 2 heterocycles. The van der Waals surface area contributed by atoms with E-state index in [-0.39, 0.29) is 4.90 Å². The Balaban J connectivity index is 1.63. The van der Waals surface area contributed by atoms with Crippen LogP contribution in [-0.4, -0.2) is 38.9 Å². The normalized spacial score (nSPS) is 18.4. The Morgan fingerprint density at radius 3 is 2.40 bits per heavy atom. The zero-order chi connectivity index (χ0) is 17.4. The second-order valence-corrected chi connectivity index (χ2v) is 8.32. The third-order valence-corrected chi connectivity index (χ3v) is 6.64. The Morgan fingerprint density at radius 2 is 1.68 bits per heavy atom. The third kappa shape index (κ3) is 3.03. The van der Waals surface area contributed by atoms with E-state index in [2.05, 4.69) is 16.3 Å². The van der Waals surface area contributed by atoms with Gasteiger partial charge in [-0.2, -0.15) is 4.31 Å². The highest BCUT2D eigenvalue weighted by Crippen LogP contribution is 2.34. The molecule has 0 amide bonds. The summed E-state index contributed by atoms with van der Waals surface area (Å²) >= 11 is 0. The lowest BCUT2D eigenvalue weighted by molar-refractivity contribution is 0.431. The Bertz CT molecular complexity index is 878. The molecule has 1 saturated heterocycles. The van der Waals surface area contributed by atoms with E-state index in [9.17, 15) is 12.8 Å². The van der Waals surface area contributed by atoms with Gasteiger partial charge in [-0.05, 0) is 41.5 Å². The van der Waals surface area contributed by atoms with Gasteiger partial charge in [0.05, 0.1) is 4.90 Å². The fourth-order valence-electron chi connectivity index (χ4n) is 3.50. The monoisotopic (exact) mass is 361 g/mol. The predicted octanol–water partition coefficient (Wildman–Crippen LogP) is 1.94. The molecule has 0 spiro atoms. The number of fused-ring (bicyclic) bond motifs is 1. The van der Waals surface area contributed by atoms with E-state index < -0.39 is 15.8 Å². The maximum Gasteiger partial charge on any atom is 0.243 e. The van der Waals surface area contributed by atoms with Gasteiger partial charge in [-0.25, -0.2) is 12.8 Å². The molecule has 25 heavy (non-hydrogen) atoms. The smallest absolute Gasteiger partial charge is 0.243 e. The van der Waals surface area contributed by atoms with E-state index in [1.54, 1.807) is 0 Å². The molecule has 0 atom stereocenters. The number of hydrogen-bond donors (Lipinski definition) is 1. The van der Waals surface area contributed by atoms with Crippen LogP contribution in [0.4, 0.5) is 10.1 Å². The third-order valence-electron chi connectivity index (χ3n) is 4.84. The van der Waals surface area contributed by atoms with Crippen LogP contribution >= 0.6 is 0 Å². The Kier molecular flexibility index (Phi) is 4.23. The van der Waals surface area contributed by atoms with Gasteiger partial charge < -0.3 is 10.2 Å². The minimum absolute atomic E-state index is 0.130. The van der Waals surface area contributed by atoms with Crippen molar-refractivity contribution in [2.45, 2.75) is 18.0 Å². The molecule has 0 unspecified atom stereocenters. The largest absolute Gasteiger partial charge is 0.369 e. The van der Waals surface area contributed by atoms with Crippen molar-refractivity contribution < 1.29 is 12.8 Å². The second-order valence-electron chi connectivity index (χ2n) is 6.38. The molecule has 2 aromatic carbocycles. The van der Waals surface area contributed by atoms with Crippen molar-refractivity contribution in [3.63, 3.8) is 0 Å². The summed E-state index contributed by atoms with van der Waals surface area (Å²) in [5, 5.41) is 3.33. The molecule has 5 nitrogen and oxygen atoms in total. The highest BCUT2D eigenvalue weighted by atomic mass is 32.2. The van der Waals surface area contributed by atoms with E-state index >= 15 is 0 Å². The maximum absolute atomic E-state index is 13.1. The SMILES string of the molecule is O=S(=O)(c1ccc(F)cc1)N1Cc2cccc(N3CCNCC3)c2C1. The van der Waals surface area contributed by atoms with Crippen LogP contribution in [0.3, 0.4) is 0 Å². The summed E-state index contributed by atoms with van der Waals surface area (Å²) in [6.45, 7) is 4.41. The van der Waals surface area contributed by atoms with E-state index in [0.717, 1.165) is 43.0 Å². The summed E-state index contributed by atoms with van der Waals surface area (Å²) < 4.78 is 40.3. The van der Waals surface area contributed by atoms with Crippen LogP contribution in [0.15, 0.2) is 47.4 Å². The van der Waals surface area contributed by atoms with Crippen LogP contribution in [0, 0.1) is 5.82 Å². The summed E-state index contributed by atoms with van der Waals surface area (Å²) in [6.07, 6.45) is 0. The highest BCUT2D eigenvalue weighted by Gasteiger charge is 2.32. The first-order valence-electron chi connectivity index (χ1n) is 8.38. The predicted molar refractivity (Wildman–Crippen MR) is 94.4 cm³/mol. The van der Waals surface area contributed by atoms with Gasteiger partial charge in [-0.3, -0.25) is 0 Å². The number of rotatable bonds is 3. The second kappa shape index (κ2) is 6.40. The van der Waals surface area contributed by atoms with Crippen LogP contribution in [0.1, 0.15) is 11.1 Å². The highest BCUT2D eigenvalue weighted by molar-refractivity contribution is 7.89. The van der Waals surface area contributed by atoms with Gasteiger partial charge >= 0.3 is 0 Å². The van der Waals surface area contributed by atoms with Crippen LogP contribution in [0.25, 0.3) is 0 Å². The Morgan fingerprint density at radius 1 is 0.960 bits per heavy atom. The van der Waals surface area contributed by atoms with Crippen molar-refractivity contribution in [3.05, 3.63) is 59.4 Å². The lowest BCUT2D eigenvalue weighted by Gasteiger charge is -2.31. The molecule has 2 aromatic rings. The molecular formula is C18H20FN3O2S. The maximum atomic E-state index is 13.1. The first kappa shape index (κ1) is 16.5. The molecule has 0 radical (unpaired) electrons. The molecule has 132 valence electrons. The molecule has 0 saturated carbocycles. The van der Waals surface area contributed by atoms with E-state index in [0.29, 0.717) is 13.1 Å². The van der Waals surface area contributed by atoms with E-state index in [4.69, 9.17) is 0 Å². The summed E-state index contributed by atoms with van der Waals surface area (Å²) in [5.41, 5.74) is 3.24. The van der Waals surface area contributed by atoms with Gasteiger partial charge in [0.25, 0.3) is 0 Å². The molecule has 2 aliphatic heterocycles. The van der Waals surface area contributed by atoms with E-state index in [1.807, 2.05) is 12.1 Å². The summed E-state index contributed by atoms with van der Waals surface area (Å²) in [5.74, 6) is -0.440. The lowest BCUT2D eigenvalue weighted by atomic mass is 10.1. The number of nitrogens with zero attached hydrogens (tertiary/aromatic N) is 2. The molecule has 2 aliphatic rings. The first-order valence-corrected chi connectivity index (χ1v) is 9.82. The molecule has 1 N–H and O–H groups in total. The fourth-order valence-corrected chi connectivity index (χ4v) is 4.89. The van der Waals surface area contributed by atoms with Crippen molar-refractivity contribution in [2.75, 3.05) is 31.1 Å². The zero-order valence-electron chi connectivity index (χ0n) is 13.8. The Labute approximate surface area is 147 Å². The molecule has 0 bridgehead atoms. The average molecular weight is 361 g/mol. The van der Waals surface area contributed by atoms with Crippen LogP contribution < -0.4 is 10.2 Å². The standard InChI is InChI=1S/C18H20FN3O2S/c19-15-4-6-16(7-5-15)25(23,24)22-12-14-2-1-3-18(17(14)13-22)21-10-8-20-9-11-21/h1-7,20H,8-13H2.